The number of carbonyl (C=O) groups excluding carboxylic acids is 3. The van der Waals surface area contributed by atoms with E-state index in [4.69, 9.17) is 20.9 Å². The van der Waals surface area contributed by atoms with Gasteiger partial charge in [0.25, 0.3) is 5.91 Å². The number of aromatic hydroxyl groups is 2. The van der Waals surface area contributed by atoms with Crippen molar-refractivity contribution in [1.82, 2.24) is 30.3 Å². The minimum Gasteiger partial charge on any atom is -0.534 e. The van der Waals surface area contributed by atoms with Crippen LogP contribution in [0.1, 0.15) is 50.7 Å². The Morgan fingerprint density at radius 3 is 2.54 bits per heavy atom. The van der Waals surface area contributed by atoms with Crippen LogP contribution in [0.4, 0.5) is 13.6 Å². The third kappa shape index (κ3) is 8.51. The molecule has 0 spiro atoms. The summed E-state index contributed by atoms with van der Waals surface area (Å²) in [5.74, 6) is -7.15. The highest BCUT2D eigenvalue weighted by atomic mass is 35.5. The minimum atomic E-state index is -1.55. The maximum absolute atomic E-state index is 14.8. The molecule has 5 rings (SSSR count). The number of amides is 4. The number of aromatic carboxylic acids is 1. The van der Waals surface area contributed by atoms with E-state index in [2.05, 4.69) is 22.2 Å². The number of hydrogen-bond acceptors (Lipinski definition) is 11. The van der Waals surface area contributed by atoms with E-state index >= 15 is 0 Å². The summed E-state index contributed by atoms with van der Waals surface area (Å²) < 4.78 is 40.3. The number of rotatable bonds is 13. The molecule has 5 N–H and O–H groups in total. The zero-order valence-corrected chi connectivity index (χ0v) is 30.1. The largest absolute Gasteiger partial charge is 0.549 e. The summed E-state index contributed by atoms with van der Waals surface area (Å²) in [6, 6.07) is 4.17. The number of pyridine rings is 1. The van der Waals surface area contributed by atoms with Gasteiger partial charge in [0.2, 0.25) is 6.41 Å². The third-order valence-corrected chi connectivity index (χ3v) is 9.89. The smallest absolute Gasteiger partial charge is 0.534 e. The van der Waals surface area contributed by atoms with Crippen molar-refractivity contribution in [2.75, 3.05) is 40.3 Å². The summed E-state index contributed by atoms with van der Waals surface area (Å²) in [7, 11) is 1.89. The number of carboxylic acids is 1. The van der Waals surface area contributed by atoms with Crippen molar-refractivity contribution in [3.05, 3.63) is 93.9 Å². The van der Waals surface area contributed by atoms with E-state index in [1.165, 1.54) is 19.4 Å². The molecule has 0 aliphatic carbocycles. The monoisotopic (exact) mass is 770 g/mol. The predicted molar refractivity (Wildman–Crippen MR) is 191 cm³/mol. The first kappa shape index (κ1) is 39.7. The Morgan fingerprint density at radius 1 is 1.19 bits per heavy atom. The molecule has 2 aromatic carbocycles. The minimum absolute atomic E-state index is 0.0142. The predicted octanol–water partition coefficient (Wildman–Crippen LogP) is 3.35. The molecule has 0 bridgehead atoms. The molecule has 3 aromatic rings. The molecule has 1 saturated heterocycles. The summed E-state index contributed by atoms with van der Waals surface area (Å²) in [5, 5.41) is 35.0. The third-order valence-electron chi connectivity index (χ3n) is 9.49. The average molecular weight is 771 g/mol. The molecule has 54 heavy (non-hydrogen) atoms. The number of phenolic OH excluding ortho intramolecular Hbond substituents is 2. The van der Waals surface area contributed by atoms with Crippen LogP contribution < -0.4 is 15.3 Å². The maximum atomic E-state index is 14.8. The highest BCUT2D eigenvalue weighted by Crippen LogP contribution is 2.42. The second kappa shape index (κ2) is 17.1. The molecule has 0 saturated carbocycles. The first-order chi connectivity index (χ1) is 25.7. The van der Waals surface area contributed by atoms with E-state index in [0.29, 0.717) is 43.5 Å². The van der Waals surface area contributed by atoms with Gasteiger partial charge in [0.05, 0.1) is 22.6 Å². The number of aromatic nitrogens is 1. The number of nitrogens with one attached hydrogen (secondary N) is 2. The van der Waals surface area contributed by atoms with Gasteiger partial charge in [-0.25, -0.2) is 18.4 Å². The van der Waals surface area contributed by atoms with Gasteiger partial charge in [-0.1, -0.05) is 24.2 Å². The van der Waals surface area contributed by atoms with E-state index in [1.807, 2.05) is 11.9 Å². The normalized spacial score (nSPS) is 16.2. The average Bonchev–Trinajstić information content (AvgIpc) is 3.17. The van der Waals surface area contributed by atoms with Crippen LogP contribution in [0.25, 0.3) is 0 Å². The first-order valence-corrected chi connectivity index (χ1v) is 17.1. The van der Waals surface area contributed by atoms with Crippen molar-refractivity contribution in [2.45, 2.75) is 37.3 Å². The molecule has 286 valence electrons. The highest BCUT2D eigenvalue weighted by Gasteiger charge is 2.41. The lowest BCUT2D eigenvalue weighted by atomic mass is 9.71. The molecule has 4 amide bonds. The van der Waals surface area contributed by atoms with Crippen LogP contribution in [0.15, 0.2) is 55.0 Å². The van der Waals surface area contributed by atoms with Crippen molar-refractivity contribution in [3.8, 4) is 17.2 Å². The summed E-state index contributed by atoms with van der Waals surface area (Å²) in [5.41, 5.74) is -0.181. The van der Waals surface area contributed by atoms with E-state index < -0.39 is 64.8 Å². The molecule has 2 aliphatic rings. The van der Waals surface area contributed by atoms with Gasteiger partial charge in [-0.05, 0) is 56.1 Å². The van der Waals surface area contributed by atoms with Crippen LogP contribution in [-0.2, 0) is 15.9 Å². The molecule has 2 unspecified atom stereocenters. The standard InChI is InChI=1S/C35H38BClF2N6O9/c1-19(41-26-15-20-6-7-24(38)27(34(50)51)32(20)54-36(26)53-3)29(23-16-25(39)30(47)31(48)28(23)37)42-35(52)45(18-46)14-13-43(2)22-8-11-44(12-9-22)33(49)21-5-4-10-40-17-21/h4-7,10,16-18,22,26,29,41,47-48H,1,8-9,11-15H2,2-3H3,(H,42,52)(H,50,51). The SMILES string of the molecule is C=C(NC1Cc2ccc(F)c(C(=O)O)c2OB1OC)C(NC(=O)N(C=O)CCN(C)C1CCN(C(=O)c2cccnc2)CC1)c1cc(F)c(O)c(O)c1Cl. The lowest BCUT2D eigenvalue weighted by Gasteiger charge is -2.37. The van der Waals surface area contributed by atoms with Gasteiger partial charge in [0.1, 0.15) is 17.1 Å². The summed E-state index contributed by atoms with van der Waals surface area (Å²) in [6.07, 6.45) is 4.75. The molecule has 2 atom stereocenters. The summed E-state index contributed by atoms with van der Waals surface area (Å²) in [4.78, 5) is 59.0. The van der Waals surface area contributed by atoms with Crippen LogP contribution >= 0.6 is 11.6 Å². The number of piperidine rings is 1. The Kier molecular flexibility index (Phi) is 12.6. The number of likely N-dealkylation sites (N-methyl/N-ethyl adjacent to an activating group) is 1. The number of likely N-dealkylation sites (tertiary alicyclic amines) is 1. The second-order valence-electron chi connectivity index (χ2n) is 12.8. The van der Waals surface area contributed by atoms with E-state index in [-0.39, 0.29) is 48.5 Å². The van der Waals surface area contributed by atoms with Gasteiger partial charge in [-0.15, -0.1) is 0 Å². The number of hydrogen-bond donors (Lipinski definition) is 5. The molecule has 1 fully saturated rings. The Balaban J connectivity index is 1.29. The molecule has 19 heteroatoms. The molecule has 2 aliphatic heterocycles. The number of carbonyl (C=O) groups is 4. The molecule has 3 heterocycles. The number of nitrogens with zero attached hydrogens (tertiary/aromatic N) is 4. The van der Waals surface area contributed by atoms with Crippen LogP contribution in [0.3, 0.4) is 0 Å². The fourth-order valence-corrected chi connectivity index (χ4v) is 6.76. The number of fused-ring (bicyclic) bond motifs is 1. The summed E-state index contributed by atoms with van der Waals surface area (Å²) in [6.45, 7) is 5.19. The second-order valence-corrected chi connectivity index (χ2v) is 13.2. The Morgan fingerprint density at radius 2 is 1.91 bits per heavy atom. The van der Waals surface area contributed by atoms with Crippen LogP contribution in [0.5, 0.6) is 17.2 Å². The lowest BCUT2D eigenvalue weighted by Crippen LogP contribution is -2.54. The topological polar surface area (TPSA) is 194 Å². The molecular formula is C35H38BClF2N6O9. The first-order valence-electron chi connectivity index (χ1n) is 16.8. The van der Waals surface area contributed by atoms with Gasteiger partial charge in [-0.2, -0.15) is 0 Å². The zero-order valence-electron chi connectivity index (χ0n) is 29.3. The molecule has 0 radical (unpaired) electrons. The van der Waals surface area contributed by atoms with Crippen molar-refractivity contribution in [3.63, 3.8) is 0 Å². The van der Waals surface area contributed by atoms with E-state index in [0.717, 1.165) is 17.0 Å². The molecule has 1 aromatic heterocycles. The fraction of sp³-hybridized carbons (Fsp3) is 0.343. The van der Waals surface area contributed by atoms with E-state index in [9.17, 15) is 43.3 Å². The quantitative estimate of drug-likeness (QED) is 0.0969. The van der Waals surface area contributed by atoms with Crippen molar-refractivity contribution in [1.29, 1.82) is 0 Å². The van der Waals surface area contributed by atoms with Crippen molar-refractivity contribution >= 4 is 43.0 Å². The molecular weight excluding hydrogens is 733 g/mol. The maximum Gasteiger partial charge on any atom is 0.549 e. The van der Waals surface area contributed by atoms with Crippen molar-refractivity contribution < 1.29 is 52.6 Å². The fourth-order valence-electron chi connectivity index (χ4n) is 6.50. The van der Waals surface area contributed by atoms with Crippen LogP contribution in [0.2, 0.25) is 5.02 Å². The highest BCUT2D eigenvalue weighted by molar-refractivity contribution is 6.48. The van der Waals surface area contributed by atoms with Gasteiger partial charge in [0, 0.05) is 63.0 Å². The molecule has 15 nitrogen and oxygen atoms in total. The summed E-state index contributed by atoms with van der Waals surface area (Å²) >= 11 is 6.33. The van der Waals surface area contributed by atoms with Crippen molar-refractivity contribution in [2.24, 2.45) is 0 Å². The number of phenols is 2. The van der Waals surface area contributed by atoms with Gasteiger partial charge >= 0.3 is 19.1 Å². The number of carboxylic acid groups (broad SMARTS) is 1. The Labute approximate surface area is 314 Å². The lowest BCUT2D eigenvalue weighted by molar-refractivity contribution is -0.115. The zero-order chi connectivity index (χ0) is 39.3. The van der Waals surface area contributed by atoms with Gasteiger partial charge in [-0.3, -0.25) is 19.5 Å². The van der Waals surface area contributed by atoms with Crippen LogP contribution in [-0.4, -0.2) is 119 Å². The number of urea groups is 1. The number of imide groups is 1. The number of benzene rings is 2. The van der Waals surface area contributed by atoms with E-state index in [1.54, 1.807) is 23.2 Å². The number of halogens is 3. The van der Waals surface area contributed by atoms with Crippen LogP contribution in [0, 0.1) is 11.6 Å². The Hall–Kier alpha value is -5.46. The van der Waals surface area contributed by atoms with Gasteiger partial charge in [0.15, 0.2) is 17.3 Å². The Bertz CT molecular complexity index is 1920. The van der Waals surface area contributed by atoms with Gasteiger partial charge < -0.3 is 45.1 Å².